The van der Waals surface area contributed by atoms with E-state index in [4.69, 9.17) is 9.47 Å². The minimum absolute atomic E-state index is 0.713. The number of ether oxygens (including phenoxy) is 2. The topological polar surface area (TPSA) is 30.5 Å². The van der Waals surface area contributed by atoms with Crippen LogP contribution in [-0.2, 0) is 6.54 Å². The van der Waals surface area contributed by atoms with Gasteiger partial charge in [-0.25, -0.2) is 0 Å². The van der Waals surface area contributed by atoms with Crippen LogP contribution in [0.3, 0.4) is 0 Å². The Hall–Kier alpha value is -0.740. The summed E-state index contributed by atoms with van der Waals surface area (Å²) in [4.78, 5) is 0. The van der Waals surface area contributed by atoms with Crippen LogP contribution in [0.5, 0.6) is 11.5 Å². The fourth-order valence-electron chi connectivity index (χ4n) is 2.09. The van der Waals surface area contributed by atoms with Gasteiger partial charge in [-0.15, -0.1) is 0 Å². The number of nitrogens with one attached hydrogen (secondary N) is 1. The van der Waals surface area contributed by atoms with Crippen LogP contribution < -0.4 is 14.8 Å². The molecule has 0 spiro atoms. The summed E-state index contributed by atoms with van der Waals surface area (Å²) in [5.41, 5.74) is 1.22. The molecule has 0 saturated heterocycles. The molecule has 1 aromatic rings. The fraction of sp³-hybridized carbons (Fsp3) is 0.625. The zero-order valence-electron chi connectivity index (χ0n) is 12.4. The molecule has 0 amide bonds. The second kappa shape index (κ2) is 7.89. The third-order valence-corrected chi connectivity index (χ3v) is 4.04. The van der Waals surface area contributed by atoms with E-state index >= 15 is 0 Å². The smallest absolute Gasteiger partial charge is 0.175 e. The summed E-state index contributed by atoms with van der Waals surface area (Å²) in [6, 6.07) is 4.90. The Balaban J connectivity index is 1.98. The highest BCUT2D eigenvalue weighted by molar-refractivity contribution is 9.10. The molecular weight excluding hydrogens is 318 g/mol. The second-order valence-electron chi connectivity index (χ2n) is 5.32. The summed E-state index contributed by atoms with van der Waals surface area (Å²) >= 11 is 3.60. The van der Waals surface area contributed by atoms with E-state index in [1.54, 1.807) is 7.11 Å². The summed E-state index contributed by atoms with van der Waals surface area (Å²) in [6.07, 6.45) is 6.09. The maximum Gasteiger partial charge on any atom is 0.175 e. The van der Waals surface area contributed by atoms with Crippen LogP contribution in [0.4, 0.5) is 0 Å². The SMILES string of the molecule is CCCCCOc1c(Br)cc(CNC2CC2)cc1OC. The quantitative estimate of drug-likeness (QED) is 0.680. The van der Waals surface area contributed by atoms with Gasteiger partial charge in [0.2, 0.25) is 0 Å². The Morgan fingerprint density at radius 3 is 2.75 bits per heavy atom. The van der Waals surface area contributed by atoms with E-state index < -0.39 is 0 Å². The predicted molar refractivity (Wildman–Crippen MR) is 85.6 cm³/mol. The second-order valence-corrected chi connectivity index (χ2v) is 6.17. The van der Waals surface area contributed by atoms with Gasteiger partial charge in [-0.05, 0) is 52.9 Å². The lowest BCUT2D eigenvalue weighted by Crippen LogP contribution is -2.15. The molecule has 1 saturated carbocycles. The van der Waals surface area contributed by atoms with Gasteiger partial charge in [0.1, 0.15) is 0 Å². The normalized spacial score (nSPS) is 14.3. The molecule has 0 bridgehead atoms. The molecule has 0 aliphatic heterocycles. The number of hydrogen-bond acceptors (Lipinski definition) is 3. The first-order valence-electron chi connectivity index (χ1n) is 7.47. The van der Waals surface area contributed by atoms with Crippen molar-refractivity contribution in [2.24, 2.45) is 0 Å². The highest BCUT2D eigenvalue weighted by Gasteiger charge is 2.20. The zero-order chi connectivity index (χ0) is 14.4. The molecule has 3 nitrogen and oxygen atoms in total. The highest BCUT2D eigenvalue weighted by atomic mass is 79.9. The molecule has 4 heteroatoms. The molecule has 1 fully saturated rings. The molecular formula is C16H24BrNO2. The third kappa shape index (κ3) is 4.67. The Bertz CT molecular complexity index is 433. The van der Waals surface area contributed by atoms with Gasteiger partial charge in [0.05, 0.1) is 18.2 Å². The van der Waals surface area contributed by atoms with Crippen molar-refractivity contribution in [3.05, 3.63) is 22.2 Å². The highest BCUT2D eigenvalue weighted by Crippen LogP contribution is 2.37. The van der Waals surface area contributed by atoms with E-state index in [1.165, 1.54) is 31.2 Å². The number of methoxy groups -OCH3 is 1. The van der Waals surface area contributed by atoms with Crippen molar-refractivity contribution in [3.63, 3.8) is 0 Å². The van der Waals surface area contributed by atoms with E-state index in [0.717, 1.165) is 35.5 Å². The Labute approximate surface area is 130 Å². The van der Waals surface area contributed by atoms with Gasteiger partial charge >= 0.3 is 0 Å². The summed E-state index contributed by atoms with van der Waals surface area (Å²) in [6.45, 7) is 3.82. The molecule has 112 valence electrons. The predicted octanol–water partition coefficient (Wildman–Crippen LogP) is 4.28. The maximum absolute atomic E-state index is 5.86. The molecule has 20 heavy (non-hydrogen) atoms. The Morgan fingerprint density at radius 2 is 2.10 bits per heavy atom. The Kier molecular flexibility index (Phi) is 6.17. The standard InChI is InChI=1S/C16H24BrNO2/c1-3-4-5-8-20-16-14(17)9-12(10-15(16)19-2)11-18-13-6-7-13/h9-10,13,18H,3-8,11H2,1-2H3. The molecule has 1 aliphatic carbocycles. The lowest BCUT2D eigenvalue weighted by molar-refractivity contribution is 0.284. The molecule has 0 atom stereocenters. The summed E-state index contributed by atoms with van der Waals surface area (Å²) in [7, 11) is 1.69. The molecule has 0 unspecified atom stereocenters. The minimum Gasteiger partial charge on any atom is -0.493 e. The van der Waals surface area contributed by atoms with Gasteiger partial charge in [0.15, 0.2) is 11.5 Å². The number of unbranched alkanes of at least 4 members (excludes halogenated alkanes) is 2. The largest absolute Gasteiger partial charge is 0.493 e. The van der Waals surface area contributed by atoms with Gasteiger partial charge < -0.3 is 14.8 Å². The van der Waals surface area contributed by atoms with Crippen LogP contribution in [0.25, 0.3) is 0 Å². The first-order valence-corrected chi connectivity index (χ1v) is 8.26. The zero-order valence-corrected chi connectivity index (χ0v) is 14.0. The van der Waals surface area contributed by atoms with E-state index in [-0.39, 0.29) is 0 Å². The van der Waals surface area contributed by atoms with Crippen LogP contribution in [0.1, 0.15) is 44.6 Å². The first-order chi connectivity index (χ1) is 9.74. The fourth-order valence-corrected chi connectivity index (χ4v) is 2.70. The van der Waals surface area contributed by atoms with Crippen molar-refractivity contribution in [1.82, 2.24) is 5.32 Å². The van der Waals surface area contributed by atoms with Gasteiger partial charge in [0.25, 0.3) is 0 Å². The van der Waals surface area contributed by atoms with Crippen molar-refractivity contribution in [3.8, 4) is 11.5 Å². The van der Waals surface area contributed by atoms with Crippen LogP contribution in [0.15, 0.2) is 16.6 Å². The van der Waals surface area contributed by atoms with Gasteiger partial charge in [-0.2, -0.15) is 0 Å². The third-order valence-electron chi connectivity index (χ3n) is 3.46. The van der Waals surface area contributed by atoms with Crippen molar-refractivity contribution in [2.45, 2.75) is 51.6 Å². The summed E-state index contributed by atoms with van der Waals surface area (Å²) < 4.78 is 12.3. The van der Waals surface area contributed by atoms with Gasteiger partial charge in [-0.1, -0.05) is 19.8 Å². The van der Waals surface area contributed by atoms with Crippen LogP contribution in [-0.4, -0.2) is 19.8 Å². The molecule has 2 rings (SSSR count). The van der Waals surface area contributed by atoms with E-state index in [0.29, 0.717) is 6.04 Å². The molecule has 1 N–H and O–H groups in total. The number of rotatable bonds is 9. The molecule has 0 radical (unpaired) electrons. The summed E-state index contributed by atoms with van der Waals surface area (Å²) in [5, 5.41) is 3.51. The molecule has 1 aliphatic rings. The minimum atomic E-state index is 0.713. The van der Waals surface area contributed by atoms with E-state index in [2.05, 4.69) is 40.3 Å². The van der Waals surface area contributed by atoms with E-state index in [1.807, 2.05) is 0 Å². The van der Waals surface area contributed by atoms with Crippen LogP contribution in [0, 0.1) is 0 Å². The lowest BCUT2D eigenvalue weighted by Gasteiger charge is -2.14. The lowest BCUT2D eigenvalue weighted by atomic mass is 10.2. The monoisotopic (exact) mass is 341 g/mol. The van der Waals surface area contributed by atoms with Gasteiger partial charge in [-0.3, -0.25) is 0 Å². The maximum atomic E-state index is 5.86. The summed E-state index contributed by atoms with van der Waals surface area (Å²) in [5.74, 6) is 1.63. The first kappa shape index (κ1) is 15.6. The molecule has 1 aromatic carbocycles. The number of benzene rings is 1. The number of hydrogen-bond donors (Lipinski definition) is 1. The van der Waals surface area contributed by atoms with Gasteiger partial charge in [0, 0.05) is 12.6 Å². The van der Waals surface area contributed by atoms with Crippen molar-refractivity contribution in [1.29, 1.82) is 0 Å². The van der Waals surface area contributed by atoms with Crippen LogP contribution in [0.2, 0.25) is 0 Å². The van der Waals surface area contributed by atoms with Crippen molar-refractivity contribution >= 4 is 15.9 Å². The van der Waals surface area contributed by atoms with E-state index in [9.17, 15) is 0 Å². The average Bonchev–Trinajstić information content (AvgIpc) is 3.26. The average molecular weight is 342 g/mol. The van der Waals surface area contributed by atoms with Crippen molar-refractivity contribution in [2.75, 3.05) is 13.7 Å². The Morgan fingerprint density at radius 1 is 1.30 bits per heavy atom. The van der Waals surface area contributed by atoms with Crippen molar-refractivity contribution < 1.29 is 9.47 Å². The number of halogens is 1. The van der Waals surface area contributed by atoms with Crippen LogP contribution >= 0.6 is 15.9 Å². The molecule has 0 heterocycles. The molecule has 0 aromatic heterocycles.